The van der Waals surface area contributed by atoms with Crippen LogP contribution in [0.2, 0.25) is 0 Å². The summed E-state index contributed by atoms with van der Waals surface area (Å²) in [6.45, 7) is -0.295. The Morgan fingerprint density at radius 3 is 2.53 bits per heavy atom. The van der Waals surface area contributed by atoms with Crippen molar-refractivity contribution in [2.75, 3.05) is 12.4 Å². The molecule has 0 aromatic heterocycles. The molecule has 1 saturated heterocycles. The third-order valence-electron chi connectivity index (χ3n) is 3.15. The molecule has 2 rings (SSSR count). The van der Waals surface area contributed by atoms with Crippen molar-refractivity contribution in [3.63, 3.8) is 0 Å². The van der Waals surface area contributed by atoms with E-state index in [0.29, 0.717) is 0 Å². The summed E-state index contributed by atoms with van der Waals surface area (Å²) in [4.78, 5) is 0. The van der Waals surface area contributed by atoms with E-state index >= 15 is 0 Å². The maximum absolute atomic E-state index is 12.0. The Kier molecular flexibility index (Phi) is 4.57. The molecule has 6 heteroatoms. The van der Waals surface area contributed by atoms with Gasteiger partial charge in [0.1, 0.15) is 6.10 Å². The maximum atomic E-state index is 12.0. The van der Waals surface area contributed by atoms with Gasteiger partial charge in [0.2, 0.25) is 0 Å². The van der Waals surface area contributed by atoms with Crippen molar-refractivity contribution in [1.29, 1.82) is 0 Å². The number of hydrogen-bond acceptors (Lipinski definition) is 5. The van der Waals surface area contributed by atoms with Crippen LogP contribution in [0.15, 0.2) is 30.3 Å². The maximum Gasteiger partial charge on any atom is 0.156 e. The molecule has 0 spiro atoms. The van der Waals surface area contributed by atoms with Crippen LogP contribution in [-0.2, 0) is 20.3 Å². The van der Waals surface area contributed by atoms with Crippen LogP contribution in [0.4, 0.5) is 0 Å². The predicted molar refractivity (Wildman–Crippen MR) is 70.3 cm³/mol. The Morgan fingerprint density at radius 1 is 1.26 bits per heavy atom. The number of sulfone groups is 1. The van der Waals surface area contributed by atoms with Gasteiger partial charge in [-0.3, -0.25) is 0 Å². The zero-order valence-electron chi connectivity index (χ0n) is 10.5. The van der Waals surface area contributed by atoms with E-state index in [9.17, 15) is 13.5 Å². The van der Waals surface area contributed by atoms with Crippen LogP contribution in [0.5, 0.6) is 0 Å². The zero-order chi connectivity index (χ0) is 13.9. The molecular weight excluding hydrogens is 268 g/mol. The van der Waals surface area contributed by atoms with Crippen molar-refractivity contribution < 1.29 is 23.4 Å². The quantitative estimate of drug-likeness (QED) is 0.803. The summed E-state index contributed by atoms with van der Waals surface area (Å²) in [6.07, 6.45) is -1.75. The van der Waals surface area contributed by atoms with Gasteiger partial charge in [0.05, 0.1) is 30.3 Å². The lowest BCUT2D eigenvalue weighted by Crippen LogP contribution is -2.25. The minimum atomic E-state index is -3.29. The highest BCUT2D eigenvalue weighted by molar-refractivity contribution is 7.90. The average Bonchev–Trinajstić information content (AvgIpc) is 2.69. The van der Waals surface area contributed by atoms with Gasteiger partial charge in [-0.2, -0.15) is 0 Å². The van der Waals surface area contributed by atoms with Crippen LogP contribution in [0.3, 0.4) is 0 Å². The van der Waals surface area contributed by atoms with E-state index in [2.05, 4.69) is 0 Å². The lowest BCUT2D eigenvalue weighted by molar-refractivity contribution is -0.0163. The fraction of sp³-hybridized carbons (Fsp3) is 0.538. The molecule has 19 heavy (non-hydrogen) atoms. The Labute approximate surface area is 112 Å². The predicted octanol–water partition coefficient (Wildman–Crippen LogP) is 0.112. The molecule has 5 nitrogen and oxygen atoms in total. The molecule has 1 aliphatic heterocycles. The Morgan fingerprint density at radius 2 is 1.95 bits per heavy atom. The topological polar surface area (TPSA) is 83.8 Å². The molecule has 0 saturated carbocycles. The fourth-order valence-electron chi connectivity index (χ4n) is 2.26. The standard InChI is InChI=1S/C13H18O5S/c14-7-13-12(15)6-11(18-13)9-19(16,17)8-10-4-2-1-3-5-10/h1-5,11-15H,6-9H2/t11?,12-,13+/m0/s1. The van der Waals surface area contributed by atoms with Gasteiger partial charge in [-0.15, -0.1) is 0 Å². The smallest absolute Gasteiger partial charge is 0.156 e. The van der Waals surface area contributed by atoms with Gasteiger partial charge in [0, 0.05) is 6.42 Å². The van der Waals surface area contributed by atoms with Crippen LogP contribution in [0.25, 0.3) is 0 Å². The van der Waals surface area contributed by atoms with E-state index in [0.717, 1.165) is 5.56 Å². The second-order valence-corrected chi connectivity index (χ2v) is 6.93. The summed E-state index contributed by atoms with van der Waals surface area (Å²) in [5.74, 6) is -0.164. The monoisotopic (exact) mass is 286 g/mol. The minimum absolute atomic E-state index is 0.0341. The summed E-state index contributed by atoms with van der Waals surface area (Å²) in [6, 6.07) is 8.94. The molecule has 1 unspecified atom stereocenters. The van der Waals surface area contributed by atoms with Crippen molar-refractivity contribution >= 4 is 9.84 Å². The third kappa shape index (κ3) is 4.01. The molecule has 2 N–H and O–H groups in total. The first-order valence-electron chi connectivity index (χ1n) is 6.19. The van der Waals surface area contributed by atoms with Crippen molar-refractivity contribution in [2.24, 2.45) is 0 Å². The molecule has 3 atom stereocenters. The first-order chi connectivity index (χ1) is 9.00. The van der Waals surface area contributed by atoms with E-state index in [1.165, 1.54) is 0 Å². The summed E-state index contributed by atoms with van der Waals surface area (Å²) < 4.78 is 29.4. The summed E-state index contributed by atoms with van der Waals surface area (Å²) in [7, 11) is -3.29. The first-order valence-corrected chi connectivity index (χ1v) is 8.01. The van der Waals surface area contributed by atoms with E-state index in [1.54, 1.807) is 24.3 Å². The molecular formula is C13H18O5S. The molecule has 106 valence electrons. The van der Waals surface area contributed by atoms with E-state index in [4.69, 9.17) is 9.84 Å². The van der Waals surface area contributed by atoms with Gasteiger partial charge in [-0.25, -0.2) is 8.42 Å². The molecule has 1 heterocycles. The third-order valence-corrected chi connectivity index (χ3v) is 4.80. The first kappa shape index (κ1) is 14.5. The normalized spacial score (nSPS) is 27.6. The highest BCUT2D eigenvalue weighted by Gasteiger charge is 2.35. The molecule has 1 aromatic carbocycles. The Bertz CT molecular complexity index is 499. The number of aliphatic hydroxyl groups is 2. The molecule has 0 radical (unpaired) electrons. The van der Waals surface area contributed by atoms with Crippen molar-refractivity contribution in [3.05, 3.63) is 35.9 Å². The summed E-state index contributed by atoms with van der Waals surface area (Å²) in [5.41, 5.74) is 0.736. The largest absolute Gasteiger partial charge is 0.394 e. The number of rotatable bonds is 5. The van der Waals surface area contributed by atoms with Crippen molar-refractivity contribution in [2.45, 2.75) is 30.5 Å². The van der Waals surface area contributed by atoms with Gasteiger partial charge in [-0.1, -0.05) is 30.3 Å². The van der Waals surface area contributed by atoms with E-state index < -0.39 is 28.1 Å². The minimum Gasteiger partial charge on any atom is -0.394 e. The lowest BCUT2D eigenvalue weighted by atomic mass is 10.1. The number of benzene rings is 1. The molecule has 0 bridgehead atoms. The van der Waals surface area contributed by atoms with Crippen LogP contribution < -0.4 is 0 Å². The van der Waals surface area contributed by atoms with Gasteiger partial charge in [0.15, 0.2) is 9.84 Å². The summed E-state index contributed by atoms with van der Waals surface area (Å²) >= 11 is 0. The van der Waals surface area contributed by atoms with Crippen LogP contribution >= 0.6 is 0 Å². The second kappa shape index (κ2) is 6.00. The average molecular weight is 286 g/mol. The van der Waals surface area contributed by atoms with Gasteiger partial charge in [-0.05, 0) is 5.56 Å². The Balaban J connectivity index is 1.95. The zero-order valence-corrected chi connectivity index (χ0v) is 11.3. The van der Waals surface area contributed by atoms with E-state index in [-0.39, 0.29) is 24.5 Å². The molecule has 1 fully saturated rings. The number of aliphatic hydroxyl groups excluding tert-OH is 2. The highest BCUT2D eigenvalue weighted by Crippen LogP contribution is 2.22. The highest BCUT2D eigenvalue weighted by atomic mass is 32.2. The molecule has 0 aliphatic carbocycles. The van der Waals surface area contributed by atoms with Crippen LogP contribution in [0.1, 0.15) is 12.0 Å². The lowest BCUT2D eigenvalue weighted by Gasteiger charge is -2.12. The van der Waals surface area contributed by atoms with Crippen LogP contribution in [-0.4, -0.2) is 49.3 Å². The van der Waals surface area contributed by atoms with Crippen molar-refractivity contribution in [1.82, 2.24) is 0 Å². The van der Waals surface area contributed by atoms with Crippen molar-refractivity contribution in [3.8, 4) is 0 Å². The molecule has 0 amide bonds. The second-order valence-electron chi connectivity index (χ2n) is 4.82. The fourth-order valence-corrected chi connectivity index (χ4v) is 3.86. The SMILES string of the molecule is O=S(=O)(Cc1ccccc1)CC1C[C@H](O)[C@@H](CO)O1. The number of ether oxygens (including phenoxy) is 1. The number of hydrogen-bond donors (Lipinski definition) is 2. The van der Waals surface area contributed by atoms with Gasteiger partial charge < -0.3 is 14.9 Å². The van der Waals surface area contributed by atoms with Gasteiger partial charge >= 0.3 is 0 Å². The van der Waals surface area contributed by atoms with Crippen LogP contribution in [0, 0.1) is 0 Å². The van der Waals surface area contributed by atoms with E-state index in [1.807, 2.05) is 6.07 Å². The van der Waals surface area contributed by atoms with Gasteiger partial charge in [0.25, 0.3) is 0 Å². The molecule has 1 aromatic rings. The molecule has 1 aliphatic rings. The summed E-state index contributed by atoms with van der Waals surface area (Å²) in [5, 5.41) is 18.5. The Hall–Kier alpha value is -0.950.